The number of methoxy groups -OCH3 is 1. The number of hydrogen-bond acceptors (Lipinski definition) is 3. The van der Waals surface area contributed by atoms with Crippen LogP contribution in [0.1, 0.15) is 18.4 Å². The van der Waals surface area contributed by atoms with Gasteiger partial charge in [0.05, 0.1) is 13.2 Å². The molecule has 0 aromatic heterocycles. The van der Waals surface area contributed by atoms with E-state index in [2.05, 4.69) is 17.4 Å². The molecule has 2 rings (SSSR count). The lowest BCUT2D eigenvalue weighted by Gasteiger charge is -2.31. The first-order valence-corrected chi connectivity index (χ1v) is 6.29. The highest BCUT2D eigenvalue weighted by Crippen LogP contribution is 2.25. The third-order valence-electron chi connectivity index (χ3n) is 3.39. The van der Waals surface area contributed by atoms with Crippen LogP contribution in [-0.4, -0.2) is 31.4 Å². The van der Waals surface area contributed by atoms with E-state index in [1.165, 1.54) is 5.56 Å². The number of nitrogens with one attached hydrogen (secondary N) is 1. The Morgan fingerprint density at radius 1 is 1.29 bits per heavy atom. The third kappa shape index (κ3) is 3.72. The van der Waals surface area contributed by atoms with Gasteiger partial charge in [-0.25, -0.2) is 0 Å². The van der Waals surface area contributed by atoms with Gasteiger partial charge in [-0.3, -0.25) is 0 Å². The number of hydrogen-bond donors (Lipinski definition) is 2. The Kier molecular flexibility index (Phi) is 4.40. The van der Waals surface area contributed by atoms with Crippen molar-refractivity contribution >= 4 is 0 Å². The Morgan fingerprint density at radius 3 is 2.59 bits per heavy atom. The number of aliphatic hydroxyl groups is 1. The van der Waals surface area contributed by atoms with E-state index in [0.29, 0.717) is 5.92 Å². The lowest BCUT2D eigenvalue weighted by atomic mass is 9.82. The van der Waals surface area contributed by atoms with Gasteiger partial charge in [-0.05, 0) is 56.0 Å². The molecule has 0 unspecified atom stereocenters. The molecular weight excluding hydrogens is 214 g/mol. The summed E-state index contributed by atoms with van der Waals surface area (Å²) in [6, 6.07) is 8.20. The average Bonchev–Trinajstić information content (AvgIpc) is 2.32. The Morgan fingerprint density at radius 2 is 2.00 bits per heavy atom. The molecule has 1 aromatic rings. The van der Waals surface area contributed by atoms with Crippen LogP contribution >= 0.6 is 0 Å². The second kappa shape index (κ2) is 6.03. The lowest BCUT2D eigenvalue weighted by Crippen LogP contribution is -2.36. The van der Waals surface area contributed by atoms with Crippen LogP contribution in [0.15, 0.2) is 24.3 Å². The standard InChI is InChI=1S/C14H21NO2/c1-17-14-4-2-11(3-5-14)6-7-15-10-12-8-13(16)9-12/h2-5,12-13,15-16H,6-10H2,1H3. The quantitative estimate of drug-likeness (QED) is 0.736. The van der Waals surface area contributed by atoms with Gasteiger partial charge in [-0.15, -0.1) is 0 Å². The van der Waals surface area contributed by atoms with Crippen molar-refractivity contribution in [2.75, 3.05) is 20.2 Å². The fourth-order valence-electron chi connectivity index (χ4n) is 2.20. The average molecular weight is 235 g/mol. The second-order valence-corrected chi connectivity index (χ2v) is 4.79. The summed E-state index contributed by atoms with van der Waals surface area (Å²) >= 11 is 0. The predicted molar refractivity (Wildman–Crippen MR) is 68.3 cm³/mol. The molecule has 0 spiro atoms. The van der Waals surface area contributed by atoms with E-state index in [1.54, 1.807) is 7.11 Å². The van der Waals surface area contributed by atoms with E-state index in [9.17, 15) is 0 Å². The van der Waals surface area contributed by atoms with Gasteiger partial charge < -0.3 is 15.2 Å². The van der Waals surface area contributed by atoms with Crippen LogP contribution < -0.4 is 10.1 Å². The SMILES string of the molecule is COc1ccc(CCNCC2CC(O)C2)cc1. The molecule has 1 aromatic carbocycles. The van der Waals surface area contributed by atoms with Crippen molar-refractivity contribution in [3.8, 4) is 5.75 Å². The maximum atomic E-state index is 9.16. The molecule has 3 nitrogen and oxygen atoms in total. The van der Waals surface area contributed by atoms with Crippen LogP contribution in [0.3, 0.4) is 0 Å². The van der Waals surface area contributed by atoms with Crippen molar-refractivity contribution in [1.29, 1.82) is 0 Å². The zero-order chi connectivity index (χ0) is 12.1. The molecule has 0 heterocycles. The van der Waals surface area contributed by atoms with E-state index in [1.807, 2.05) is 12.1 Å². The molecule has 1 aliphatic carbocycles. The van der Waals surface area contributed by atoms with Crippen LogP contribution in [0.25, 0.3) is 0 Å². The fraction of sp³-hybridized carbons (Fsp3) is 0.571. The lowest BCUT2D eigenvalue weighted by molar-refractivity contribution is 0.0432. The minimum Gasteiger partial charge on any atom is -0.497 e. The van der Waals surface area contributed by atoms with Crippen LogP contribution in [0, 0.1) is 5.92 Å². The fourth-order valence-corrected chi connectivity index (χ4v) is 2.20. The van der Waals surface area contributed by atoms with Gasteiger partial charge in [0.2, 0.25) is 0 Å². The van der Waals surface area contributed by atoms with Gasteiger partial charge in [-0.1, -0.05) is 12.1 Å². The molecule has 2 N–H and O–H groups in total. The number of rotatable bonds is 6. The van der Waals surface area contributed by atoms with Crippen LogP contribution in [0.4, 0.5) is 0 Å². The Bertz CT molecular complexity index is 331. The van der Waals surface area contributed by atoms with E-state index >= 15 is 0 Å². The van der Waals surface area contributed by atoms with E-state index in [4.69, 9.17) is 9.84 Å². The molecule has 0 bridgehead atoms. The summed E-state index contributed by atoms with van der Waals surface area (Å²) in [6.45, 7) is 2.03. The maximum absolute atomic E-state index is 9.16. The molecule has 94 valence electrons. The molecule has 0 atom stereocenters. The van der Waals surface area contributed by atoms with Gasteiger partial charge in [0.15, 0.2) is 0 Å². The van der Waals surface area contributed by atoms with E-state index in [-0.39, 0.29) is 6.10 Å². The summed E-state index contributed by atoms with van der Waals surface area (Å²) in [4.78, 5) is 0. The van der Waals surface area contributed by atoms with Gasteiger partial charge >= 0.3 is 0 Å². The molecular formula is C14H21NO2. The molecule has 0 radical (unpaired) electrons. The summed E-state index contributed by atoms with van der Waals surface area (Å²) < 4.78 is 5.12. The number of aliphatic hydroxyl groups excluding tert-OH is 1. The molecule has 0 amide bonds. The Labute approximate surface area is 103 Å². The first kappa shape index (κ1) is 12.4. The van der Waals surface area contributed by atoms with Gasteiger partial charge in [0.1, 0.15) is 5.75 Å². The minimum atomic E-state index is -0.0385. The maximum Gasteiger partial charge on any atom is 0.118 e. The molecule has 0 aliphatic heterocycles. The highest BCUT2D eigenvalue weighted by molar-refractivity contribution is 5.27. The summed E-state index contributed by atoms with van der Waals surface area (Å²) in [6.07, 6.45) is 2.94. The molecule has 3 heteroatoms. The summed E-state index contributed by atoms with van der Waals surface area (Å²) in [5.74, 6) is 1.59. The van der Waals surface area contributed by atoms with Crippen LogP contribution in [0.2, 0.25) is 0 Å². The topological polar surface area (TPSA) is 41.5 Å². The van der Waals surface area contributed by atoms with E-state index < -0.39 is 0 Å². The first-order chi connectivity index (χ1) is 8.28. The molecule has 1 fully saturated rings. The van der Waals surface area contributed by atoms with Gasteiger partial charge in [0, 0.05) is 0 Å². The number of benzene rings is 1. The summed E-state index contributed by atoms with van der Waals surface area (Å²) in [5, 5.41) is 12.6. The normalized spacial score (nSPS) is 23.2. The van der Waals surface area contributed by atoms with Gasteiger partial charge in [-0.2, -0.15) is 0 Å². The van der Waals surface area contributed by atoms with Crippen molar-refractivity contribution in [3.05, 3.63) is 29.8 Å². The van der Waals surface area contributed by atoms with E-state index in [0.717, 1.165) is 38.1 Å². The van der Waals surface area contributed by atoms with Crippen LogP contribution in [0.5, 0.6) is 5.75 Å². The molecule has 1 saturated carbocycles. The predicted octanol–water partition coefficient (Wildman–Crippen LogP) is 1.60. The number of ether oxygens (including phenoxy) is 1. The molecule has 17 heavy (non-hydrogen) atoms. The van der Waals surface area contributed by atoms with Gasteiger partial charge in [0.25, 0.3) is 0 Å². The van der Waals surface area contributed by atoms with Crippen molar-refractivity contribution < 1.29 is 9.84 Å². The Hall–Kier alpha value is -1.06. The largest absolute Gasteiger partial charge is 0.497 e. The third-order valence-corrected chi connectivity index (χ3v) is 3.39. The highest BCUT2D eigenvalue weighted by Gasteiger charge is 2.26. The second-order valence-electron chi connectivity index (χ2n) is 4.79. The summed E-state index contributed by atoms with van der Waals surface area (Å²) in [7, 11) is 1.68. The zero-order valence-corrected chi connectivity index (χ0v) is 10.4. The minimum absolute atomic E-state index is 0.0385. The molecule has 1 aliphatic rings. The smallest absolute Gasteiger partial charge is 0.118 e. The Balaban J connectivity index is 1.61. The first-order valence-electron chi connectivity index (χ1n) is 6.29. The summed E-state index contributed by atoms with van der Waals surface area (Å²) in [5.41, 5.74) is 1.33. The van der Waals surface area contributed by atoms with Crippen molar-refractivity contribution in [2.45, 2.75) is 25.4 Å². The van der Waals surface area contributed by atoms with Crippen molar-refractivity contribution in [2.24, 2.45) is 5.92 Å². The highest BCUT2D eigenvalue weighted by atomic mass is 16.5. The monoisotopic (exact) mass is 235 g/mol. The molecule has 0 saturated heterocycles. The van der Waals surface area contributed by atoms with Crippen molar-refractivity contribution in [1.82, 2.24) is 5.32 Å². The van der Waals surface area contributed by atoms with Crippen molar-refractivity contribution in [3.63, 3.8) is 0 Å². The van der Waals surface area contributed by atoms with Crippen LogP contribution in [-0.2, 0) is 6.42 Å². The zero-order valence-electron chi connectivity index (χ0n) is 10.4.